The summed E-state index contributed by atoms with van der Waals surface area (Å²) in [6, 6.07) is 4.16. The van der Waals surface area contributed by atoms with Gasteiger partial charge in [-0.25, -0.2) is 4.79 Å². The summed E-state index contributed by atoms with van der Waals surface area (Å²) in [5.74, 6) is -2.00. The lowest BCUT2D eigenvalue weighted by Crippen LogP contribution is -2.61. The molecule has 1 aliphatic rings. The van der Waals surface area contributed by atoms with E-state index in [0.717, 1.165) is 0 Å². The molecule has 1 saturated heterocycles. The highest BCUT2D eigenvalue weighted by Crippen LogP contribution is 2.31. The monoisotopic (exact) mass is 400 g/mol. The van der Waals surface area contributed by atoms with Crippen molar-refractivity contribution >= 4 is 24.0 Å². The van der Waals surface area contributed by atoms with E-state index in [4.69, 9.17) is 16.0 Å². The van der Waals surface area contributed by atoms with Crippen molar-refractivity contribution in [3.8, 4) is 5.75 Å². The summed E-state index contributed by atoms with van der Waals surface area (Å²) in [5, 5.41) is 41.3. The first-order valence-electron chi connectivity index (χ1n) is 8.79. The summed E-state index contributed by atoms with van der Waals surface area (Å²) < 4.78 is 21.8. The van der Waals surface area contributed by atoms with Crippen molar-refractivity contribution < 1.29 is 50.4 Å². The van der Waals surface area contributed by atoms with Crippen molar-refractivity contribution in [2.75, 3.05) is 5.32 Å². The number of amides is 1. The van der Waals surface area contributed by atoms with E-state index < -0.39 is 49.0 Å². The Balaban J connectivity index is 2.28. The lowest BCUT2D eigenvalue weighted by molar-refractivity contribution is -0.271. The van der Waals surface area contributed by atoms with E-state index in [0.29, 0.717) is 5.56 Å². The fourth-order valence-electron chi connectivity index (χ4n) is 2.49. The number of ether oxygens (including phenoxy) is 3. The van der Waals surface area contributed by atoms with E-state index >= 15 is 0 Å². The summed E-state index contributed by atoms with van der Waals surface area (Å²) in [7, 11) is 0. The number of nitrogens with one attached hydrogen (secondary N) is 1. The van der Waals surface area contributed by atoms with Gasteiger partial charge in [-0.3, -0.25) is 9.59 Å². The van der Waals surface area contributed by atoms with Crippen LogP contribution in [0.3, 0.4) is 0 Å². The zero-order valence-corrected chi connectivity index (χ0v) is 14.8. The minimum Gasteiger partial charge on any atom is -0.479 e. The Morgan fingerprint density at radius 1 is 1.29 bits per heavy atom. The van der Waals surface area contributed by atoms with Gasteiger partial charge in [-0.05, 0) is 17.7 Å². The third-order valence-electron chi connectivity index (χ3n) is 3.99. The minimum atomic E-state index is -1.87. The van der Waals surface area contributed by atoms with Gasteiger partial charge in [-0.15, -0.1) is 0 Å². The summed E-state index contributed by atoms with van der Waals surface area (Å²) in [6.45, 7) is 1.36. The van der Waals surface area contributed by atoms with Crippen LogP contribution in [0.25, 0.3) is 0 Å². The first kappa shape index (κ1) is 20.0. The number of rotatable bonds is 7. The number of hydrogen-bond donors (Lipinski definition) is 5. The third kappa shape index (κ3) is 4.95. The molecule has 28 heavy (non-hydrogen) atoms. The number of aliphatic carboxylic acids is 1. The Kier molecular flexibility index (Phi) is 6.76. The van der Waals surface area contributed by atoms with Gasteiger partial charge in [0, 0.05) is 6.42 Å². The Labute approximate surface area is 160 Å². The summed E-state index contributed by atoms with van der Waals surface area (Å²) in [6.07, 6.45) is -10.1. The molecule has 5 N–H and O–H groups in total. The third-order valence-corrected chi connectivity index (χ3v) is 3.99. The zero-order valence-electron chi connectivity index (χ0n) is 15.8. The second kappa shape index (κ2) is 9.46. The van der Waals surface area contributed by atoms with Crippen LogP contribution in [0.1, 0.15) is 20.3 Å². The van der Waals surface area contributed by atoms with Gasteiger partial charge < -0.3 is 40.0 Å². The van der Waals surface area contributed by atoms with Crippen molar-refractivity contribution in [1.82, 2.24) is 0 Å². The number of aliphatic hydroxyl groups is 3. The van der Waals surface area contributed by atoms with Crippen LogP contribution >= 0.6 is 0 Å². The predicted octanol–water partition coefficient (Wildman–Crippen LogP) is -1.02. The number of benzene rings is 1. The highest BCUT2D eigenvalue weighted by molar-refractivity contribution is 5.92. The van der Waals surface area contributed by atoms with Gasteiger partial charge in [-0.2, -0.15) is 0 Å². The fourth-order valence-corrected chi connectivity index (χ4v) is 2.49. The molecule has 1 heterocycles. The van der Waals surface area contributed by atoms with Gasteiger partial charge in [-0.1, -0.05) is 13.0 Å². The van der Waals surface area contributed by atoms with Crippen LogP contribution in [-0.4, -0.2) is 69.5 Å². The summed E-state index contributed by atoms with van der Waals surface area (Å²) >= 11 is 0. The van der Waals surface area contributed by atoms with Gasteiger partial charge in [0.25, 0.3) is 6.45 Å². The molecule has 1 aromatic rings. The van der Waals surface area contributed by atoms with Crippen molar-refractivity contribution in [2.45, 2.75) is 50.7 Å². The van der Waals surface area contributed by atoms with Crippen LogP contribution < -0.4 is 10.1 Å². The Hall–Kier alpha value is -2.73. The first-order chi connectivity index (χ1) is 13.6. The van der Waals surface area contributed by atoms with Gasteiger partial charge in [0.2, 0.25) is 12.2 Å². The molecular weight excluding hydrogens is 378 g/mol. The Morgan fingerprint density at radius 2 is 2.00 bits per heavy atom. The average molecular weight is 400 g/mol. The quantitative estimate of drug-likeness (QED) is 0.357. The van der Waals surface area contributed by atoms with E-state index in [2.05, 4.69) is 10.1 Å². The minimum absolute atomic E-state index is 0.0375. The predicted molar refractivity (Wildman–Crippen MR) is 91.2 cm³/mol. The standard InChI is InChI=1S/C17H21NO10/c1-2-11(20)18-9-5-8(6-26-7-19)3-4-10(9)27-17-14(23)12(21)13(22)15(28-17)16(24)25/h3-5,7,12-15,17,21-23H,2,6H2,1H3,(H,18,20)(H,24,25)/t12-,13-,14?,15?,17+/m0/s1/i7D. The van der Waals surface area contributed by atoms with Crippen LogP contribution in [0.2, 0.25) is 0 Å². The molecule has 1 aliphatic heterocycles. The Morgan fingerprint density at radius 3 is 2.61 bits per heavy atom. The van der Waals surface area contributed by atoms with E-state index in [9.17, 15) is 29.7 Å². The maximum Gasteiger partial charge on any atom is 0.335 e. The molecule has 2 rings (SSSR count). The molecule has 11 nitrogen and oxygen atoms in total. The van der Waals surface area contributed by atoms with E-state index in [1.807, 2.05) is 0 Å². The van der Waals surface area contributed by atoms with Crippen molar-refractivity contribution in [3.63, 3.8) is 0 Å². The first-order valence-corrected chi connectivity index (χ1v) is 8.29. The molecule has 0 saturated carbocycles. The number of carbonyl (C=O) groups excluding carboxylic acids is 2. The van der Waals surface area contributed by atoms with Crippen LogP contribution in [0.4, 0.5) is 5.69 Å². The molecule has 11 heteroatoms. The Bertz CT molecular complexity index is 773. The number of carbonyl (C=O) groups is 3. The number of anilines is 1. The molecule has 154 valence electrons. The number of hydrogen-bond acceptors (Lipinski definition) is 9. The molecule has 0 aliphatic carbocycles. The molecule has 0 radical (unpaired) electrons. The second-order valence-electron chi connectivity index (χ2n) is 5.96. The summed E-state index contributed by atoms with van der Waals surface area (Å²) in [4.78, 5) is 33.6. The van der Waals surface area contributed by atoms with Crippen LogP contribution in [0.15, 0.2) is 18.2 Å². The fraction of sp³-hybridized carbons (Fsp3) is 0.471. The highest BCUT2D eigenvalue weighted by atomic mass is 16.7. The maximum atomic E-state index is 11.8. The van der Waals surface area contributed by atoms with Crippen molar-refractivity contribution in [3.05, 3.63) is 23.8 Å². The molecule has 1 fully saturated rings. The SMILES string of the molecule is [2H]C(=O)OCc1ccc(O[C@@H]2OC(C(=O)O)[C@@H](O)[C@H](O)C2O)c(NC(=O)CC)c1. The van der Waals surface area contributed by atoms with E-state index in [1.54, 1.807) is 6.92 Å². The zero-order chi connectivity index (χ0) is 21.7. The van der Waals surface area contributed by atoms with Gasteiger partial charge >= 0.3 is 5.97 Å². The smallest absolute Gasteiger partial charge is 0.335 e. The summed E-state index contributed by atoms with van der Waals surface area (Å²) in [5.41, 5.74) is 0.506. The molecule has 0 aromatic heterocycles. The van der Waals surface area contributed by atoms with Crippen LogP contribution in [0, 0.1) is 0 Å². The number of carboxylic acids is 1. The largest absolute Gasteiger partial charge is 0.479 e. The van der Waals surface area contributed by atoms with Crippen LogP contribution in [0.5, 0.6) is 5.75 Å². The van der Waals surface area contributed by atoms with E-state index in [1.165, 1.54) is 18.2 Å². The lowest BCUT2D eigenvalue weighted by Gasteiger charge is -2.38. The molecule has 1 aromatic carbocycles. The van der Waals surface area contributed by atoms with Gasteiger partial charge in [0.15, 0.2) is 7.47 Å². The average Bonchev–Trinajstić information content (AvgIpc) is 2.67. The van der Waals surface area contributed by atoms with Crippen LogP contribution in [-0.2, 0) is 30.5 Å². The number of aliphatic hydroxyl groups excluding tert-OH is 3. The molecule has 0 spiro atoms. The molecule has 1 amide bonds. The molecule has 0 bridgehead atoms. The van der Waals surface area contributed by atoms with Gasteiger partial charge in [0.05, 0.1) is 5.69 Å². The van der Waals surface area contributed by atoms with E-state index in [-0.39, 0.29) is 24.5 Å². The molecule has 5 atom stereocenters. The van der Waals surface area contributed by atoms with Crippen molar-refractivity contribution in [1.29, 1.82) is 0 Å². The maximum absolute atomic E-state index is 11.8. The highest BCUT2D eigenvalue weighted by Gasteiger charge is 2.48. The lowest BCUT2D eigenvalue weighted by atomic mass is 9.99. The molecular formula is C17H21NO10. The second-order valence-corrected chi connectivity index (χ2v) is 5.96. The normalized spacial score (nSPS) is 27.4. The molecule has 2 unspecified atom stereocenters. The number of carboxylic acid groups (broad SMARTS) is 1. The van der Waals surface area contributed by atoms with Gasteiger partial charge in [0.1, 0.15) is 30.7 Å². The topological polar surface area (TPSA) is 172 Å². The van der Waals surface area contributed by atoms with Crippen molar-refractivity contribution in [2.24, 2.45) is 0 Å².